The fourth-order valence-electron chi connectivity index (χ4n) is 1.54. The van der Waals surface area contributed by atoms with Crippen molar-refractivity contribution in [1.82, 2.24) is 10.2 Å². The van der Waals surface area contributed by atoms with Crippen LogP contribution >= 0.6 is 0 Å². The molecule has 1 N–H and O–H groups in total. The Morgan fingerprint density at radius 3 is 2.79 bits per heavy atom. The van der Waals surface area contributed by atoms with Gasteiger partial charge in [0, 0.05) is 19.6 Å². The summed E-state index contributed by atoms with van der Waals surface area (Å²) in [6, 6.07) is 0. The normalized spacial score (nSPS) is 16.2. The monoisotopic (exact) mass is 200 g/mol. The lowest BCUT2D eigenvalue weighted by Crippen LogP contribution is -2.32. The minimum atomic E-state index is 0.138. The van der Waals surface area contributed by atoms with Gasteiger partial charge in [-0.1, -0.05) is 6.92 Å². The second-order valence-corrected chi connectivity index (χ2v) is 3.49. The van der Waals surface area contributed by atoms with Crippen LogP contribution in [0.4, 0.5) is 0 Å². The molecule has 0 aromatic carbocycles. The van der Waals surface area contributed by atoms with Gasteiger partial charge in [-0.3, -0.25) is 4.79 Å². The van der Waals surface area contributed by atoms with Crippen LogP contribution in [0.3, 0.4) is 0 Å². The van der Waals surface area contributed by atoms with E-state index in [-0.39, 0.29) is 12.5 Å². The Kier molecular flexibility index (Phi) is 5.56. The first-order valence-electron chi connectivity index (χ1n) is 5.41. The first-order valence-corrected chi connectivity index (χ1v) is 5.41. The second-order valence-electron chi connectivity index (χ2n) is 3.49. The van der Waals surface area contributed by atoms with Crippen LogP contribution in [0.1, 0.15) is 19.8 Å². The molecular formula is C10H20N2O2. The molecule has 0 aromatic rings. The van der Waals surface area contributed by atoms with Crippen molar-refractivity contribution in [2.45, 2.75) is 19.8 Å². The van der Waals surface area contributed by atoms with Gasteiger partial charge in [-0.05, 0) is 19.4 Å². The van der Waals surface area contributed by atoms with Crippen LogP contribution in [0.2, 0.25) is 0 Å². The third-order valence-electron chi connectivity index (χ3n) is 2.36. The van der Waals surface area contributed by atoms with Crippen LogP contribution < -0.4 is 5.32 Å². The quantitative estimate of drug-likeness (QED) is 0.624. The standard InChI is InChI=1S/C10H20N2O2/c1-2-11-5-8-14-9-10(13)12-6-3-4-7-12/h11H,2-9H2,1H3. The predicted molar refractivity (Wildman–Crippen MR) is 55.2 cm³/mol. The van der Waals surface area contributed by atoms with Gasteiger partial charge in [-0.15, -0.1) is 0 Å². The van der Waals surface area contributed by atoms with Crippen LogP contribution in [-0.2, 0) is 9.53 Å². The lowest BCUT2D eigenvalue weighted by atomic mass is 10.4. The molecule has 0 aliphatic carbocycles. The molecule has 1 aliphatic rings. The molecule has 4 nitrogen and oxygen atoms in total. The molecule has 1 saturated heterocycles. The van der Waals surface area contributed by atoms with Crippen LogP contribution in [0.15, 0.2) is 0 Å². The van der Waals surface area contributed by atoms with Crippen molar-refractivity contribution in [3.8, 4) is 0 Å². The molecule has 0 radical (unpaired) electrons. The van der Waals surface area contributed by atoms with Gasteiger partial charge >= 0.3 is 0 Å². The van der Waals surface area contributed by atoms with E-state index < -0.39 is 0 Å². The summed E-state index contributed by atoms with van der Waals surface area (Å²) in [5.41, 5.74) is 0. The number of hydrogen-bond acceptors (Lipinski definition) is 3. The first kappa shape index (κ1) is 11.5. The molecule has 0 aromatic heterocycles. The second kappa shape index (κ2) is 6.79. The summed E-state index contributed by atoms with van der Waals surface area (Å²) < 4.78 is 5.26. The van der Waals surface area contributed by atoms with Crippen molar-refractivity contribution in [2.24, 2.45) is 0 Å². The number of carbonyl (C=O) groups excluding carboxylic acids is 1. The lowest BCUT2D eigenvalue weighted by Gasteiger charge is -2.14. The Morgan fingerprint density at radius 1 is 1.43 bits per heavy atom. The molecule has 1 rings (SSSR count). The van der Waals surface area contributed by atoms with E-state index in [0.717, 1.165) is 39.0 Å². The van der Waals surface area contributed by atoms with E-state index in [1.807, 2.05) is 4.90 Å². The van der Waals surface area contributed by atoms with E-state index in [0.29, 0.717) is 6.61 Å². The van der Waals surface area contributed by atoms with Gasteiger partial charge in [0.25, 0.3) is 0 Å². The molecule has 4 heteroatoms. The third kappa shape index (κ3) is 4.07. The van der Waals surface area contributed by atoms with Gasteiger partial charge in [-0.25, -0.2) is 0 Å². The number of carbonyl (C=O) groups is 1. The van der Waals surface area contributed by atoms with Crippen molar-refractivity contribution < 1.29 is 9.53 Å². The zero-order valence-corrected chi connectivity index (χ0v) is 8.92. The maximum Gasteiger partial charge on any atom is 0.248 e. The smallest absolute Gasteiger partial charge is 0.248 e. The molecule has 1 aliphatic heterocycles. The third-order valence-corrected chi connectivity index (χ3v) is 2.36. The number of nitrogens with one attached hydrogen (secondary N) is 1. The van der Waals surface area contributed by atoms with Gasteiger partial charge in [0.2, 0.25) is 5.91 Å². The number of likely N-dealkylation sites (N-methyl/N-ethyl adjacent to an activating group) is 1. The summed E-state index contributed by atoms with van der Waals surface area (Å²) in [5.74, 6) is 0.138. The summed E-state index contributed by atoms with van der Waals surface area (Å²) in [7, 11) is 0. The number of nitrogens with zero attached hydrogens (tertiary/aromatic N) is 1. The van der Waals surface area contributed by atoms with Crippen LogP contribution in [-0.4, -0.2) is 50.2 Å². The molecule has 0 unspecified atom stereocenters. The number of ether oxygens (including phenoxy) is 1. The van der Waals surface area contributed by atoms with Gasteiger partial charge in [0.05, 0.1) is 6.61 Å². The summed E-state index contributed by atoms with van der Waals surface area (Å²) in [6.07, 6.45) is 2.28. The van der Waals surface area contributed by atoms with Crippen LogP contribution in [0, 0.1) is 0 Å². The Labute approximate surface area is 85.6 Å². The topological polar surface area (TPSA) is 41.6 Å². The highest BCUT2D eigenvalue weighted by Crippen LogP contribution is 2.06. The van der Waals surface area contributed by atoms with E-state index in [1.54, 1.807) is 0 Å². The predicted octanol–water partition coefficient (Wildman–Crippen LogP) is 0.235. The van der Waals surface area contributed by atoms with Crippen molar-refractivity contribution in [3.05, 3.63) is 0 Å². The Balaban J connectivity index is 1.97. The average molecular weight is 200 g/mol. The summed E-state index contributed by atoms with van der Waals surface area (Å²) in [4.78, 5) is 13.3. The number of rotatable bonds is 6. The largest absolute Gasteiger partial charge is 0.370 e. The Hall–Kier alpha value is -0.610. The van der Waals surface area contributed by atoms with Gasteiger partial charge < -0.3 is 15.0 Å². The van der Waals surface area contributed by atoms with Crippen LogP contribution in [0.25, 0.3) is 0 Å². The van der Waals surface area contributed by atoms with E-state index in [9.17, 15) is 4.79 Å². The highest BCUT2D eigenvalue weighted by atomic mass is 16.5. The van der Waals surface area contributed by atoms with E-state index in [4.69, 9.17) is 4.74 Å². The molecule has 0 saturated carbocycles. The maximum atomic E-state index is 11.5. The number of likely N-dealkylation sites (tertiary alicyclic amines) is 1. The summed E-state index contributed by atoms with van der Waals surface area (Å²) in [6.45, 7) is 6.51. The lowest BCUT2D eigenvalue weighted by molar-refractivity contribution is -0.134. The van der Waals surface area contributed by atoms with E-state index >= 15 is 0 Å². The molecule has 0 bridgehead atoms. The highest BCUT2D eigenvalue weighted by Gasteiger charge is 2.17. The van der Waals surface area contributed by atoms with Gasteiger partial charge in [0.15, 0.2) is 0 Å². The molecule has 1 heterocycles. The molecule has 82 valence electrons. The number of hydrogen-bond donors (Lipinski definition) is 1. The van der Waals surface area contributed by atoms with Crippen molar-refractivity contribution in [1.29, 1.82) is 0 Å². The molecule has 1 amide bonds. The SMILES string of the molecule is CCNCCOCC(=O)N1CCCC1. The Bertz CT molecular complexity index is 168. The van der Waals surface area contributed by atoms with Crippen molar-refractivity contribution >= 4 is 5.91 Å². The first-order chi connectivity index (χ1) is 6.84. The average Bonchev–Trinajstić information content (AvgIpc) is 2.70. The fourth-order valence-corrected chi connectivity index (χ4v) is 1.54. The van der Waals surface area contributed by atoms with Crippen molar-refractivity contribution in [2.75, 3.05) is 39.4 Å². The van der Waals surface area contributed by atoms with E-state index in [2.05, 4.69) is 12.2 Å². The zero-order chi connectivity index (χ0) is 10.2. The fraction of sp³-hybridized carbons (Fsp3) is 0.900. The zero-order valence-electron chi connectivity index (χ0n) is 8.92. The minimum absolute atomic E-state index is 0.138. The van der Waals surface area contributed by atoms with Gasteiger partial charge in [-0.2, -0.15) is 0 Å². The minimum Gasteiger partial charge on any atom is -0.370 e. The maximum absolute atomic E-state index is 11.5. The van der Waals surface area contributed by atoms with Crippen molar-refractivity contribution in [3.63, 3.8) is 0 Å². The molecule has 14 heavy (non-hydrogen) atoms. The Morgan fingerprint density at radius 2 is 2.14 bits per heavy atom. The highest BCUT2D eigenvalue weighted by molar-refractivity contribution is 5.77. The molecular weight excluding hydrogens is 180 g/mol. The van der Waals surface area contributed by atoms with E-state index in [1.165, 1.54) is 0 Å². The van der Waals surface area contributed by atoms with Gasteiger partial charge in [0.1, 0.15) is 6.61 Å². The summed E-state index contributed by atoms with van der Waals surface area (Å²) in [5, 5.41) is 3.14. The molecule has 0 atom stereocenters. The summed E-state index contributed by atoms with van der Waals surface area (Å²) >= 11 is 0. The molecule has 0 spiro atoms. The van der Waals surface area contributed by atoms with Crippen LogP contribution in [0.5, 0.6) is 0 Å². The molecule has 1 fully saturated rings. The number of amides is 1.